The fourth-order valence-electron chi connectivity index (χ4n) is 0.851. The van der Waals surface area contributed by atoms with Crippen LogP contribution in [0.4, 0.5) is 4.79 Å². The Morgan fingerprint density at radius 3 is 2.24 bits per heavy atom. The lowest BCUT2D eigenvalue weighted by Gasteiger charge is -2.19. The molecular formula is C10H17NO5S. The average Bonchev–Trinajstić information content (AvgIpc) is 2.08. The van der Waals surface area contributed by atoms with E-state index >= 15 is 0 Å². The topological polar surface area (TPSA) is 92.7 Å². The number of thioether (sulfide) groups is 1. The summed E-state index contributed by atoms with van der Waals surface area (Å²) < 4.78 is 4.99. The van der Waals surface area contributed by atoms with Crippen LogP contribution in [0.25, 0.3) is 0 Å². The van der Waals surface area contributed by atoms with Gasteiger partial charge in [0.05, 0.1) is 0 Å². The predicted octanol–water partition coefficient (Wildman–Crippen LogP) is 1.24. The van der Waals surface area contributed by atoms with E-state index in [0.717, 1.165) is 11.8 Å². The van der Waals surface area contributed by atoms with Gasteiger partial charge >= 0.3 is 11.3 Å². The molecule has 0 spiro atoms. The number of aliphatic carboxylic acids is 1. The lowest BCUT2D eigenvalue weighted by atomic mass is 10.2. The molecule has 0 fully saturated rings. The van der Waals surface area contributed by atoms with Gasteiger partial charge in [-0.3, -0.25) is 4.79 Å². The lowest BCUT2D eigenvalue weighted by Crippen LogP contribution is -2.41. The molecule has 0 bridgehead atoms. The molecule has 2 N–H and O–H groups in total. The maximum atomic E-state index is 11.3. The minimum atomic E-state index is -1.18. The molecule has 17 heavy (non-hydrogen) atoms. The summed E-state index contributed by atoms with van der Waals surface area (Å²) in [6.45, 7) is 6.37. The van der Waals surface area contributed by atoms with Gasteiger partial charge in [0, 0.05) is 12.7 Å². The van der Waals surface area contributed by atoms with Crippen LogP contribution in [0.1, 0.15) is 27.7 Å². The third-order valence-electron chi connectivity index (χ3n) is 1.43. The Kier molecular flexibility index (Phi) is 6.01. The summed E-state index contributed by atoms with van der Waals surface area (Å²) >= 11 is 0.725. The first-order chi connectivity index (χ1) is 7.61. The van der Waals surface area contributed by atoms with E-state index in [0.29, 0.717) is 0 Å². The highest BCUT2D eigenvalue weighted by Gasteiger charge is 2.22. The van der Waals surface area contributed by atoms with Crippen LogP contribution in [0, 0.1) is 0 Å². The standard InChI is InChI=1S/C10H17NO5S/c1-6(12)11-7(8(13)14)5-17-9(15)16-10(2,3)4/h7H,5H2,1-4H3,(H,11,12)(H,13,14)/t7-/m0/s1. The molecular weight excluding hydrogens is 246 g/mol. The van der Waals surface area contributed by atoms with E-state index in [9.17, 15) is 14.4 Å². The van der Waals surface area contributed by atoms with Crippen LogP contribution >= 0.6 is 11.8 Å². The first-order valence-electron chi connectivity index (χ1n) is 4.97. The van der Waals surface area contributed by atoms with Crippen LogP contribution in [0.15, 0.2) is 0 Å². The first kappa shape index (κ1) is 15.8. The van der Waals surface area contributed by atoms with Crippen molar-refractivity contribution in [1.82, 2.24) is 5.32 Å². The SMILES string of the molecule is CC(=O)N[C@@H](CSC(=O)OC(C)(C)C)C(=O)O. The van der Waals surface area contributed by atoms with Crippen molar-refractivity contribution in [3.63, 3.8) is 0 Å². The molecule has 1 amide bonds. The van der Waals surface area contributed by atoms with Crippen LogP contribution in [0.3, 0.4) is 0 Å². The van der Waals surface area contributed by atoms with E-state index in [4.69, 9.17) is 9.84 Å². The first-order valence-corrected chi connectivity index (χ1v) is 5.96. The van der Waals surface area contributed by atoms with Crippen LogP contribution in [0.2, 0.25) is 0 Å². The van der Waals surface area contributed by atoms with E-state index in [2.05, 4.69) is 5.32 Å². The Balaban J connectivity index is 4.18. The van der Waals surface area contributed by atoms with Crippen LogP contribution in [-0.2, 0) is 14.3 Å². The van der Waals surface area contributed by atoms with E-state index in [1.165, 1.54) is 6.92 Å². The van der Waals surface area contributed by atoms with Gasteiger partial charge in [-0.25, -0.2) is 9.59 Å². The second-order valence-corrected chi connectivity index (χ2v) is 5.32. The van der Waals surface area contributed by atoms with Gasteiger partial charge in [0.15, 0.2) is 0 Å². The molecule has 1 atom stereocenters. The van der Waals surface area contributed by atoms with E-state index in [1.54, 1.807) is 20.8 Å². The number of carbonyl (C=O) groups excluding carboxylic acids is 2. The number of carboxylic acid groups (broad SMARTS) is 1. The number of amides is 1. The van der Waals surface area contributed by atoms with Crippen molar-refractivity contribution in [3.8, 4) is 0 Å². The number of rotatable bonds is 4. The van der Waals surface area contributed by atoms with Crippen molar-refractivity contribution in [1.29, 1.82) is 0 Å². The zero-order valence-electron chi connectivity index (χ0n) is 10.3. The Morgan fingerprint density at radius 1 is 1.35 bits per heavy atom. The minimum absolute atomic E-state index is 0.0656. The number of hydrogen-bond donors (Lipinski definition) is 2. The second kappa shape index (κ2) is 6.48. The van der Waals surface area contributed by atoms with Gasteiger partial charge in [-0.15, -0.1) is 0 Å². The molecule has 0 aromatic rings. The zero-order valence-corrected chi connectivity index (χ0v) is 11.1. The fraction of sp³-hybridized carbons (Fsp3) is 0.700. The summed E-state index contributed by atoms with van der Waals surface area (Å²) in [7, 11) is 0. The average molecular weight is 263 g/mol. The molecule has 0 aliphatic carbocycles. The van der Waals surface area contributed by atoms with Crippen molar-refractivity contribution in [2.75, 3.05) is 5.75 Å². The minimum Gasteiger partial charge on any atom is -0.480 e. The summed E-state index contributed by atoms with van der Waals surface area (Å²) in [6, 6.07) is -1.09. The highest BCUT2D eigenvalue weighted by Crippen LogP contribution is 2.15. The van der Waals surface area contributed by atoms with Gasteiger partial charge < -0.3 is 15.2 Å². The molecule has 0 saturated heterocycles. The molecule has 0 unspecified atom stereocenters. The van der Waals surface area contributed by atoms with Crippen molar-refractivity contribution in [3.05, 3.63) is 0 Å². The highest BCUT2D eigenvalue weighted by molar-refractivity contribution is 8.13. The summed E-state index contributed by atoms with van der Waals surface area (Å²) in [6.07, 6.45) is 0. The van der Waals surface area contributed by atoms with Crippen LogP contribution in [-0.4, -0.2) is 39.7 Å². The largest absolute Gasteiger partial charge is 0.480 e. The molecule has 0 aliphatic rings. The summed E-state index contributed by atoms with van der Waals surface area (Å²) in [5.74, 6) is -1.71. The van der Waals surface area contributed by atoms with E-state index < -0.39 is 28.8 Å². The predicted molar refractivity (Wildman–Crippen MR) is 63.9 cm³/mol. The Labute approximate surface area is 104 Å². The number of nitrogens with one attached hydrogen (secondary N) is 1. The number of carbonyl (C=O) groups is 3. The van der Waals surface area contributed by atoms with Gasteiger partial charge in [-0.1, -0.05) is 0 Å². The zero-order chi connectivity index (χ0) is 13.6. The normalized spacial score (nSPS) is 12.7. The van der Waals surface area contributed by atoms with Crippen LogP contribution in [0.5, 0.6) is 0 Å². The van der Waals surface area contributed by atoms with Crippen molar-refractivity contribution >= 4 is 28.9 Å². The summed E-state index contributed by atoms with van der Waals surface area (Å²) in [5.41, 5.74) is -0.614. The van der Waals surface area contributed by atoms with Gasteiger partial charge in [-0.2, -0.15) is 0 Å². The molecule has 6 nitrogen and oxygen atoms in total. The third-order valence-corrected chi connectivity index (χ3v) is 2.25. The van der Waals surface area contributed by atoms with E-state index in [-0.39, 0.29) is 5.75 Å². The van der Waals surface area contributed by atoms with Gasteiger partial charge in [0.2, 0.25) is 5.91 Å². The fourth-order valence-corrected chi connectivity index (χ4v) is 1.69. The molecule has 0 rings (SSSR count). The third kappa shape index (κ3) is 8.56. The molecule has 0 aliphatic heterocycles. The monoisotopic (exact) mass is 263 g/mol. The van der Waals surface area contributed by atoms with Gasteiger partial charge in [0.1, 0.15) is 11.6 Å². The van der Waals surface area contributed by atoms with Crippen LogP contribution < -0.4 is 5.32 Å². The van der Waals surface area contributed by atoms with Gasteiger partial charge in [0.25, 0.3) is 0 Å². The second-order valence-electron chi connectivity index (χ2n) is 4.37. The molecule has 98 valence electrons. The smallest absolute Gasteiger partial charge is 0.367 e. The maximum absolute atomic E-state index is 11.3. The van der Waals surface area contributed by atoms with E-state index in [1.807, 2.05) is 0 Å². The van der Waals surface area contributed by atoms with Gasteiger partial charge in [-0.05, 0) is 32.5 Å². The molecule has 0 saturated carbocycles. The quantitative estimate of drug-likeness (QED) is 0.741. The Bertz CT molecular complexity index is 310. The lowest BCUT2D eigenvalue weighted by molar-refractivity contribution is -0.140. The van der Waals surface area contributed by atoms with Crippen molar-refractivity contribution in [2.24, 2.45) is 0 Å². The van der Waals surface area contributed by atoms with Crippen molar-refractivity contribution < 1.29 is 24.2 Å². The highest BCUT2D eigenvalue weighted by atomic mass is 32.2. The molecule has 0 radical (unpaired) electrons. The molecule has 0 aromatic carbocycles. The molecule has 0 aromatic heterocycles. The molecule has 7 heteroatoms. The van der Waals surface area contributed by atoms with Crippen molar-refractivity contribution in [2.45, 2.75) is 39.3 Å². The molecule has 0 heterocycles. The summed E-state index contributed by atoms with van der Waals surface area (Å²) in [5, 5.41) is 10.5. The number of ether oxygens (including phenoxy) is 1. The Morgan fingerprint density at radius 2 is 1.88 bits per heavy atom. The maximum Gasteiger partial charge on any atom is 0.367 e. The summed E-state index contributed by atoms with van der Waals surface area (Å²) in [4.78, 5) is 32.8. The Hall–Kier alpha value is -1.24. The number of hydrogen-bond acceptors (Lipinski definition) is 5. The number of carboxylic acids is 1.